The molecule has 0 aliphatic carbocycles. The molecule has 168 valence electrons. The molecule has 2 aliphatic heterocycles. The highest BCUT2D eigenvalue weighted by atomic mass is 79.9. The van der Waals surface area contributed by atoms with E-state index >= 15 is 0 Å². The second-order valence-corrected chi connectivity index (χ2v) is 8.66. The van der Waals surface area contributed by atoms with Gasteiger partial charge in [-0.25, -0.2) is 9.97 Å². The maximum absolute atomic E-state index is 11.3. The molecule has 11 heteroatoms. The molecule has 0 spiro atoms. The van der Waals surface area contributed by atoms with Crippen molar-refractivity contribution in [1.82, 2.24) is 25.3 Å². The lowest BCUT2D eigenvalue weighted by Crippen LogP contribution is -2.32. The van der Waals surface area contributed by atoms with E-state index in [9.17, 15) is 9.59 Å². The third kappa shape index (κ3) is 9.72. The Morgan fingerprint density at radius 1 is 0.833 bits per heavy atom. The average molecular weight is 569 g/mol. The zero-order valence-corrected chi connectivity index (χ0v) is 19.9. The molecular weight excluding hydrogens is 540 g/mol. The standard InChI is InChI=1S/C9H12BrN3O.C5H11N.C4H2BrClN2O.CH4/c10-7-6-11-9(12-8(7)14)13-4-2-1-3-5-13;1-2-4-6-5-3-1;5-2-1-7-4(6)8-3(2)9;/h6H,1-5H2,(H,11,12,14);6H,1-5H2;1H,(H,7,8,9);1H4. The van der Waals surface area contributed by atoms with Gasteiger partial charge in [-0.05, 0) is 88.7 Å². The van der Waals surface area contributed by atoms with E-state index in [2.05, 4.69) is 62.0 Å². The van der Waals surface area contributed by atoms with E-state index in [1.807, 2.05) is 0 Å². The van der Waals surface area contributed by atoms with Crippen molar-refractivity contribution in [3.8, 4) is 0 Å². The van der Waals surface area contributed by atoms with E-state index in [-0.39, 0.29) is 23.8 Å². The van der Waals surface area contributed by atoms with Crippen LogP contribution in [0.1, 0.15) is 46.0 Å². The second-order valence-electron chi connectivity index (χ2n) is 6.59. The van der Waals surface area contributed by atoms with Crippen molar-refractivity contribution in [2.24, 2.45) is 0 Å². The van der Waals surface area contributed by atoms with Crippen LogP contribution in [-0.4, -0.2) is 46.1 Å². The third-order valence-corrected chi connectivity index (χ3v) is 5.65. The second kappa shape index (κ2) is 14.7. The number of nitrogens with one attached hydrogen (secondary N) is 3. The Morgan fingerprint density at radius 2 is 1.37 bits per heavy atom. The molecule has 2 saturated heterocycles. The van der Waals surface area contributed by atoms with Gasteiger partial charge < -0.3 is 10.2 Å². The van der Waals surface area contributed by atoms with Crippen LogP contribution in [0.15, 0.2) is 30.9 Å². The van der Waals surface area contributed by atoms with E-state index < -0.39 is 0 Å². The van der Waals surface area contributed by atoms with Crippen molar-refractivity contribution in [2.45, 2.75) is 46.0 Å². The summed E-state index contributed by atoms with van der Waals surface area (Å²) >= 11 is 11.4. The van der Waals surface area contributed by atoms with Crippen molar-refractivity contribution < 1.29 is 0 Å². The lowest BCUT2D eigenvalue weighted by molar-refractivity contribution is 0.520. The molecule has 0 saturated carbocycles. The molecule has 2 aliphatic rings. The molecule has 0 aromatic carbocycles. The summed E-state index contributed by atoms with van der Waals surface area (Å²) in [4.78, 5) is 36.9. The summed E-state index contributed by atoms with van der Waals surface area (Å²) in [7, 11) is 0. The number of aromatic amines is 2. The Balaban J connectivity index is 0.000000242. The SMILES string of the molecule is C.C1CCNCC1.O=c1[nH]c(Cl)ncc1Br.O=c1[nH]c(N2CCCCC2)ncc1Br. The Hall–Kier alpha value is -1.23. The van der Waals surface area contributed by atoms with Crippen LogP contribution in [0.3, 0.4) is 0 Å². The van der Waals surface area contributed by atoms with E-state index in [0.717, 1.165) is 13.1 Å². The molecule has 30 heavy (non-hydrogen) atoms. The topological polar surface area (TPSA) is 107 Å². The van der Waals surface area contributed by atoms with Crippen LogP contribution in [0.25, 0.3) is 0 Å². The molecule has 4 rings (SSSR count). The first kappa shape index (κ1) is 26.8. The fourth-order valence-corrected chi connectivity index (χ4v) is 3.33. The normalized spacial score (nSPS) is 15.6. The molecule has 3 N–H and O–H groups in total. The summed E-state index contributed by atoms with van der Waals surface area (Å²) in [5, 5.41) is 3.38. The molecule has 0 atom stereocenters. The first-order valence-electron chi connectivity index (χ1n) is 9.58. The third-order valence-electron chi connectivity index (χ3n) is 4.33. The minimum Gasteiger partial charge on any atom is -0.342 e. The number of nitrogens with zero attached hydrogens (tertiary/aromatic N) is 3. The number of hydrogen-bond acceptors (Lipinski definition) is 6. The molecule has 2 aromatic rings. The fraction of sp³-hybridized carbons (Fsp3) is 0.579. The molecule has 8 nitrogen and oxygen atoms in total. The quantitative estimate of drug-likeness (QED) is 0.447. The Morgan fingerprint density at radius 3 is 1.80 bits per heavy atom. The van der Waals surface area contributed by atoms with Gasteiger partial charge in [0, 0.05) is 19.3 Å². The Bertz CT molecular complexity index is 855. The molecular formula is C19H29Br2ClN6O2. The van der Waals surface area contributed by atoms with Gasteiger partial charge in [0.1, 0.15) is 8.95 Å². The van der Waals surface area contributed by atoms with Crippen molar-refractivity contribution in [2.75, 3.05) is 31.1 Å². The molecule has 0 amide bonds. The number of halogens is 3. The molecule has 4 heterocycles. The Labute approximate surface area is 198 Å². The van der Waals surface area contributed by atoms with Crippen molar-refractivity contribution >= 4 is 49.4 Å². The summed E-state index contributed by atoms with van der Waals surface area (Å²) in [5.74, 6) is 0.692. The van der Waals surface area contributed by atoms with Crippen LogP contribution in [0.2, 0.25) is 5.28 Å². The summed E-state index contributed by atoms with van der Waals surface area (Å²) in [6, 6.07) is 0. The zero-order chi connectivity index (χ0) is 21.1. The maximum atomic E-state index is 11.3. The fourth-order valence-electron chi connectivity index (χ4n) is 2.80. The van der Waals surface area contributed by atoms with Crippen LogP contribution in [0, 0.1) is 0 Å². The highest BCUT2D eigenvalue weighted by Gasteiger charge is 2.12. The van der Waals surface area contributed by atoms with Gasteiger partial charge in [0.25, 0.3) is 11.1 Å². The number of piperidine rings is 2. The highest BCUT2D eigenvalue weighted by Crippen LogP contribution is 2.14. The number of aromatic nitrogens is 4. The largest absolute Gasteiger partial charge is 0.342 e. The molecule has 2 aromatic heterocycles. The highest BCUT2D eigenvalue weighted by molar-refractivity contribution is 9.10. The number of rotatable bonds is 1. The minimum absolute atomic E-state index is 0. The van der Waals surface area contributed by atoms with Gasteiger partial charge in [0.15, 0.2) is 0 Å². The van der Waals surface area contributed by atoms with Crippen LogP contribution < -0.4 is 21.3 Å². The first-order valence-corrected chi connectivity index (χ1v) is 11.5. The van der Waals surface area contributed by atoms with Gasteiger partial charge in [-0.1, -0.05) is 13.8 Å². The summed E-state index contributed by atoms with van der Waals surface area (Å²) in [6.07, 6.45) is 10.8. The summed E-state index contributed by atoms with van der Waals surface area (Å²) in [6.45, 7) is 4.48. The molecule has 0 radical (unpaired) electrons. The van der Waals surface area contributed by atoms with Crippen LogP contribution in [0.4, 0.5) is 5.95 Å². The summed E-state index contributed by atoms with van der Waals surface area (Å²) in [5.41, 5.74) is -0.379. The predicted molar refractivity (Wildman–Crippen MR) is 130 cm³/mol. The minimum atomic E-state index is -0.269. The smallest absolute Gasteiger partial charge is 0.266 e. The molecule has 0 unspecified atom stereocenters. The lowest BCUT2D eigenvalue weighted by Gasteiger charge is -2.26. The monoisotopic (exact) mass is 566 g/mol. The van der Waals surface area contributed by atoms with Gasteiger partial charge in [-0.2, -0.15) is 0 Å². The molecule has 2 fully saturated rings. The molecule has 0 bridgehead atoms. The van der Waals surface area contributed by atoms with Crippen molar-refractivity contribution in [3.63, 3.8) is 0 Å². The lowest BCUT2D eigenvalue weighted by atomic mass is 10.1. The average Bonchev–Trinajstić information content (AvgIpc) is 2.76. The van der Waals surface area contributed by atoms with Crippen LogP contribution >= 0.6 is 43.5 Å². The number of hydrogen-bond donors (Lipinski definition) is 3. The summed E-state index contributed by atoms with van der Waals surface area (Å²) < 4.78 is 0.866. The number of H-pyrrole nitrogens is 2. The maximum Gasteiger partial charge on any atom is 0.266 e. The van der Waals surface area contributed by atoms with E-state index in [1.54, 1.807) is 6.20 Å². The van der Waals surface area contributed by atoms with Crippen LogP contribution in [-0.2, 0) is 0 Å². The van der Waals surface area contributed by atoms with Crippen molar-refractivity contribution in [3.05, 3.63) is 47.3 Å². The predicted octanol–water partition coefficient (Wildman–Crippen LogP) is 4.10. The van der Waals surface area contributed by atoms with E-state index in [0.29, 0.717) is 14.9 Å². The first-order chi connectivity index (χ1) is 14.0. The Kier molecular flexibility index (Phi) is 13.2. The number of anilines is 1. The van der Waals surface area contributed by atoms with Gasteiger partial charge >= 0.3 is 0 Å². The zero-order valence-electron chi connectivity index (χ0n) is 16.0. The van der Waals surface area contributed by atoms with E-state index in [4.69, 9.17) is 11.6 Å². The van der Waals surface area contributed by atoms with Crippen LogP contribution in [0.5, 0.6) is 0 Å². The van der Waals surface area contributed by atoms with Gasteiger partial charge in [-0.3, -0.25) is 19.6 Å². The van der Waals surface area contributed by atoms with E-state index in [1.165, 1.54) is 57.8 Å². The van der Waals surface area contributed by atoms with Crippen molar-refractivity contribution in [1.29, 1.82) is 0 Å². The van der Waals surface area contributed by atoms with Gasteiger partial charge in [-0.15, -0.1) is 0 Å². The van der Waals surface area contributed by atoms with Gasteiger partial charge in [0.2, 0.25) is 11.2 Å². The van der Waals surface area contributed by atoms with Gasteiger partial charge in [0.05, 0.1) is 6.20 Å².